The van der Waals surface area contributed by atoms with Gasteiger partial charge in [0, 0.05) is 55.9 Å². The van der Waals surface area contributed by atoms with Crippen LogP contribution >= 0.6 is 11.6 Å². The summed E-state index contributed by atoms with van der Waals surface area (Å²) in [5, 5.41) is 1.55. The van der Waals surface area contributed by atoms with E-state index in [0.29, 0.717) is 43.5 Å². The van der Waals surface area contributed by atoms with Crippen LogP contribution in [0.4, 0.5) is 11.4 Å². The summed E-state index contributed by atoms with van der Waals surface area (Å²) in [6, 6.07) is 13.8. The maximum Gasteiger partial charge on any atom is 0.257 e. The van der Waals surface area contributed by atoms with Crippen LogP contribution in [0.1, 0.15) is 17.3 Å². The van der Waals surface area contributed by atoms with Gasteiger partial charge in [0.2, 0.25) is 0 Å². The number of rotatable bonds is 5. The Kier molecular flexibility index (Phi) is 6.74. The van der Waals surface area contributed by atoms with Gasteiger partial charge in [0.1, 0.15) is 5.75 Å². The molecule has 178 valence electrons. The molecular formula is C26H29ClN4O3. The van der Waals surface area contributed by atoms with Crippen LogP contribution in [0.25, 0.3) is 10.9 Å². The Bertz CT molecular complexity index is 1170. The molecule has 1 amide bonds. The van der Waals surface area contributed by atoms with Crippen LogP contribution in [-0.2, 0) is 4.74 Å². The monoisotopic (exact) mass is 480 g/mol. The van der Waals surface area contributed by atoms with E-state index in [2.05, 4.69) is 20.9 Å². The molecule has 0 atom stereocenters. The van der Waals surface area contributed by atoms with Crippen molar-refractivity contribution in [2.24, 2.45) is 0 Å². The quantitative estimate of drug-likeness (QED) is 0.548. The maximum absolute atomic E-state index is 13.5. The van der Waals surface area contributed by atoms with Crippen molar-refractivity contribution in [2.45, 2.75) is 6.92 Å². The van der Waals surface area contributed by atoms with Crippen LogP contribution in [0.15, 0.2) is 48.7 Å². The third-order valence-electron chi connectivity index (χ3n) is 6.43. The number of nitrogens with zero attached hydrogens (tertiary/aromatic N) is 4. The second kappa shape index (κ2) is 10.1. The SMILES string of the molecule is CCOc1ccccc1N1CCN(c2c(C(=O)N3CCOCC3)cnc3ccc(Cl)cc23)CC1. The molecule has 0 aliphatic carbocycles. The number of hydrogen-bond donors (Lipinski definition) is 0. The number of hydrogen-bond acceptors (Lipinski definition) is 6. The van der Waals surface area contributed by atoms with E-state index in [1.165, 1.54) is 0 Å². The summed E-state index contributed by atoms with van der Waals surface area (Å²) in [4.78, 5) is 24.6. The van der Waals surface area contributed by atoms with Gasteiger partial charge in [-0.1, -0.05) is 23.7 Å². The number of benzene rings is 2. The average molecular weight is 481 g/mol. The summed E-state index contributed by atoms with van der Waals surface area (Å²) in [6.45, 7) is 8.12. The number of fused-ring (bicyclic) bond motifs is 1. The minimum Gasteiger partial charge on any atom is -0.492 e. The molecule has 2 saturated heterocycles. The largest absolute Gasteiger partial charge is 0.492 e. The highest BCUT2D eigenvalue weighted by atomic mass is 35.5. The Balaban J connectivity index is 1.47. The van der Waals surface area contributed by atoms with Crippen molar-refractivity contribution in [3.05, 3.63) is 59.2 Å². The fourth-order valence-corrected chi connectivity index (χ4v) is 4.92. The lowest BCUT2D eigenvalue weighted by atomic mass is 10.1. The molecule has 7 nitrogen and oxygen atoms in total. The molecule has 2 fully saturated rings. The molecule has 0 radical (unpaired) electrons. The van der Waals surface area contributed by atoms with Gasteiger partial charge in [-0.3, -0.25) is 9.78 Å². The molecular weight excluding hydrogens is 452 g/mol. The molecule has 3 aromatic rings. The third kappa shape index (κ3) is 4.50. The van der Waals surface area contributed by atoms with Gasteiger partial charge < -0.3 is 24.2 Å². The first-order chi connectivity index (χ1) is 16.7. The van der Waals surface area contributed by atoms with Crippen molar-refractivity contribution < 1.29 is 14.3 Å². The first-order valence-electron chi connectivity index (χ1n) is 11.8. The van der Waals surface area contributed by atoms with E-state index in [0.717, 1.165) is 54.2 Å². The number of anilines is 2. The first kappa shape index (κ1) is 22.7. The van der Waals surface area contributed by atoms with E-state index in [4.69, 9.17) is 21.1 Å². The summed E-state index contributed by atoms with van der Waals surface area (Å²) in [5.41, 5.74) is 3.49. The lowest BCUT2D eigenvalue weighted by Gasteiger charge is -2.39. The van der Waals surface area contributed by atoms with Crippen molar-refractivity contribution in [1.82, 2.24) is 9.88 Å². The zero-order valence-electron chi connectivity index (χ0n) is 19.4. The van der Waals surface area contributed by atoms with Crippen LogP contribution in [-0.4, -0.2) is 74.9 Å². The fraction of sp³-hybridized carbons (Fsp3) is 0.385. The number of pyridine rings is 1. The Morgan fingerprint density at radius 2 is 1.76 bits per heavy atom. The highest BCUT2D eigenvalue weighted by molar-refractivity contribution is 6.31. The number of aromatic nitrogens is 1. The van der Waals surface area contributed by atoms with Gasteiger partial charge in [-0.25, -0.2) is 0 Å². The number of piperazine rings is 1. The number of carbonyl (C=O) groups is 1. The molecule has 2 aliphatic rings. The number of para-hydroxylation sites is 2. The second-order valence-corrected chi connectivity index (χ2v) is 8.90. The average Bonchev–Trinajstić information content (AvgIpc) is 2.89. The molecule has 5 rings (SSSR count). The van der Waals surface area contributed by atoms with Gasteiger partial charge in [-0.2, -0.15) is 0 Å². The lowest BCUT2D eigenvalue weighted by Crippen LogP contribution is -2.48. The summed E-state index contributed by atoms with van der Waals surface area (Å²) < 4.78 is 11.3. The van der Waals surface area contributed by atoms with E-state index in [9.17, 15) is 4.79 Å². The highest BCUT2D eigenvalue weighted by Crippen LogP contribution is 2.35. The van der Waals surface area contributed by atoms with Crippen molar-refractivity contribution in [2.75, 3.05) is 68.9 Å². The van der Waals surface area contributed by atoms with E-state index < -0.39 is 0 Å². The predicted octanol–water partition coefficient (Wildman–Crippen LogP) is 4.09. The molecule has 2 aromatic carbocycles. The van der Waals surface area contributed by atoms with Crippen LogP contribution in [0.2, 0.25) is 5.02 Å². The molecule has 0 spiro atoms. The van der Waals surface area contributed by atoms with Gasteiger partial charge >= 0.3 is 0 Å². The van der Waals surface area contributed by atoms with Crippen LogP contribution in [0, 0.1) is 0 Å². The van der Waals surface area contributed by atoms with E-state index in [-0.39, 0.29) is 5.91 Å². The van der Waals surface area contributed by atoms with E-state index >= 15 is 0 Å². The van der Waals surface area contributed by atoms with Crippen LogP contribution < -0.4 is 14.5 Å². The third-order valence-corrected chi connectivity index (χ3v) is 6.67. The summed E-state index contributed by atoms with van der Waals surface area (Å²) in [6.07, 6.45) is 1.72. The molecule has 0 saturated carbocycles. The van der Waals surface area contributed by atoms with Gasteiger partial charge in [0.05, 0.1) is 42.3 Å². The molecule has 0 bridgehead atoms. The molecule has 0 N–H and O–H groups in total. The van der Waals surface area contributed by atoms with Crippen molar-refractivity contribution in [1.29, 1.82) is 0 Å². The zero-order chi connectivity index (χ0) is 23.5. The Hall–Kier alpha value is -3.03. The second-order valence-electron chi connectivity index (χ2n) is 8.46. The molecule has 1 aromatic heterocycles. The van der Waals surface area contributed by atoms with Crippen LogP contribution in [0.3, 0.4) is 0 Å². The van der Waals surface area contributed by atoms with Gasteiger partial charge in [0.15, 0.2) is 0 Å². The molecule has 8 heteroatoms. The lowest BCUT2D eigenvalue weighted by molar-refractivity contribution is 0.0303. The molecule has 34 heavy (non-hydrogen) atoms. The van der Waals surface area contributed by atoms with Crippen molar-refractivity contribution >= 4 is 39.8 Å². The molecule has 3 heterocycles. The Morgan fingerprint density at radius 1 is 1.03 bits per heavy atom. The fourth-order valence-electron chi connectivity index (χ4n) is 4.75. The Morgan fingerprint density at radius 3 is 2.53 bits per heavy atom. The van der Waals surface area contributed by atoms with Crippen molar-refractivity contribution in [3.63, 3.8) is 0 Å². The first-order valence-corrected chi connectivity index (χ1v) is 12.2. The molecule has 2 aliphatic heterocycles. The summed E-state index contributed by atoms with van der Waals surface area (Å²) in [5.74, 6) is 0.902. The predicted molar refractivity (Wildman–Crippen MR) is 136 cm³/mol. The van der Waals surface area contributed by atoms with Gasteiger partial charge in [0.25, 0.3) is 5.91 Å². The number of ether oxygens (including phenoxy) is 2. The van der Waals surface area contributed by atoms with Gasteiger partial charge in [-0.15, -0.1) is 0 Å². The minimum absolute atomic E-state index is 0.00297. The number of morpholine rings is 1. The highest BCUT2D eigenvalue weighted by Gasteiger charge is 2.28. The number of halogens is 1. The smallest absolute Gasteiger partial charge is 0.257 e. The van der Waals surface area contributed by atoms with Gasteiger partial charge in [-0.05, 0) is 37.3 Å². The topological polar surface area (TPSA) is 58.1 Å². The van der Waals surface area contributed by atoms with E-state index in [1.807, 2.05) is 48.2 Å². The number of carbonyl (C=O) groups excluding carboxylic acids is 1. The van der Waals surface area contributed by atoms with Crippen LogP contribution in [0.5, 0.6) is 5.75 Å². The summed E-state index contributed by atoms with van der Waals surface area (Å²) in [7, 11) is 0. The standard InChI is InChI=1S/C26H29ClN4O3/c1-2-34-24-6-4-3-5-23(24)29-9-11-30(12-10-29)25-20-17-19(27)7-8-22(20)28-18-21(25)26(32)31-13-15-33-16-14-31/h3-8,17-18H,2,9-16H2,1H3. The summed E-state index contributed by atoms with van der Waals surface area (Å²) >= 11 is 6.38. The normalized spacial score (nSPS) is 16.7. The van der Waals surface area contributed by atoms with Crippen molar-refractivity contribution in [3.8, 4) is 5.75 Å². The molecule has 0 unspecified atom stereocenters. The maximum atomic E-state index is 13.5. The minimum atomic E-state index is -0.00297. The van der Waals surface area contributed by atoms with E-state index in [1.54, 1.807) is 6.20 Å². The Labute approximate surface area is 204 Å². The zero-order valence-corrected chi connectivity index (χ0v) is 20.1. The number of amides is 1.